The molecule has 0 saturated carbocycles. The Morgan fingerprint density at radius 2 is 1.50 bits per heavy atom. The molecule has 0 aromatic heterocycles. The van der Waals surface area contributed by atoms with Crippen LogP contribution in [0, 0.1) is 5.92 Å². The lowest BCUT2D eigenvalue weighted by atomic mass is 10.0. The van der Waals surface area contributed by atoms with Crippen LogP contribution in [0.5, 0.6) is 0 Å². The minimum Gasteiger partial charge on any atom is -0.481 e. The van der Waals surface area contributed by atoms with Crippen molar-refractivity contribution < 1.29 is 38.9 Å². The van der Waals surface area contributed by atoms with Crippen molar-refractivity contribution in [3.05, 3.63) is 0 Å². The number of hydrogen-bond donors (Lipinski definition) is 5. The second-order valence-corrected chi connectivity index (χ2v) is 4.83. The molecule has 0 radical (unpaired) electrons. The van der Waals surface area contributed by atoms with Gasteiger partial charge in [-0.25, -0.2) is 14.4 Å². The zero-order valence-electron chi connectivity index (χ0n) is 11.9. The van der Waals surface area contributed by atoms with Crippen molar-refractivity contribution in [2.75, 3.05) is 6.67 Å². The summed E-state index contributed by atoms with van der Waals surface area (Å²) in [6.45, 7) is 0.700. The molecule has 0 aromatic rings. The standard InChI is InChI=1S/C12H19FN2O7/c1-6(5-13)4-8(11(20)21)15-12(22)14-7(10(18)19)2-3-9(16)17/h6-8H,2-5H2,1H3,(H,16,17)(H,18,19)(H,20,21)(H2,14,15,22)/t6?,7-,8-/m0/s1. The highest BCUT2D eigenvalue weighted by Crippen LogP contribution is 2.07. The molecular weight excluding hydrogens is 303 g/mol. The van der Waals surface area contributed by atoms with E-state index in [-0.39, 0.29) is 12.8 Å². The van der Waals surface area contributed by atoms with Crippen molar-refractivity contribution in [2.24, 2.45) is 5.92 Å². The second-order valence-electron chi connectivity index (χ2n) is 4.83. The van der Waals surface area contributed by atoms with E-state index in [0.29, 0.717) is 0 Å². The molecule has 22 heavy (non-hydrogen) atoms. The van der Waals surface area contributed by atoms with E-state index in [2.05, 4.69) is 0 Å². The van der Waals surface area contributed by atoms with Gasteiger partial charge in [-0.1, -0.05) is 6.92 Å². The lowest BCUT2D eigenvalue weighted by Crippen LogP contribution is -2.51. The first-order chi connectivity index (χ1) is 10.2. The fraction of sp³-hybridized carbons (Fsp3) is 0.667. The van der Waals surface area contributed by atoms with Crippen LogP contribution in [0.25, 0.3) is 0 Å². The Balaban J connectivity index is 4.61. The molecule has 0 heterocycles. The van der Waals surface area contributed by atoms with Gasteiger partial charge in [0.15, 0.2) is 0 Å². The van der Waals surface area contributed by atoms with Gasteiger partial charge in [0.25, 0.3) is 0 Å². The van der Waals surface area contributed by atoms with E-state index in [9.17, 15) is 23.6 Å². The molecule has 0 bridgehead atoms. The molecule has 5 N–H and O–H groups in total. The lowest BCUT2D eigenvalue weighted by molar-refractivity contribution is -0.141. The average molecular weight is 322 g/mol. The number of rotatable bonds is 10. The summed E-state index contributed by atoms with van der Waals surface area (Å²) in [5, 5.41) is 30.3. The first-order valence-corrected chi connectivity index (χ1v) is 6.47. The Hall–Kier alpha value is -2.39. The van der Waals surface area contributed by atoms with Crippen LogP contribution in [0.3, 0.4) is 0 Å². The molecule has 0 fully saturated rings. The molecule has 0 aromatic carbocycles. The van der Waals surface area contributed by atoms with Crippen LogP contribution >= 0.6 is 0 Å². The normalized spacial score (nSPS) is 14.5. The maximum absolute atomic E-state index is 12.4. The van der Waals surface area contributed by atoms with Gasteiger partial charge in [-0.05, 0) is 18.8 Å². The number of carbonyl (C=O) groups is 4. The van der Waals surface area contributed by atoms with Gasteiger partial charge in [0, 0.05) is 6.42 Å². The Morgan fingerprint density at radius 3 is 1.91 bits per heavy atom. The first-order valence-electron chi connectivity index (χ1n) is 6.47. The maximum Gasteiger partial charge on any atom is 0.326 e. The molecule has 0 aliphatic heterocycles. The summed E-state index contributed by atoms with van der Waals surface area (Å²) in [5.74, 6) is -4.65. The summed E-state index contributed by atoms with van der Waals surface area (Å²) < 4.78 is 12.4. The molecule has 1 unspecified atom stereocenters. The van der Waals surface area contributed by atoms with E-state index >= 15 is 0 Å². The zero-order chi connectivity index (χ0) is 17.3. The highest BCUT2D eigenvalue weighted by Gasteiger charge is 2.26. The van der Waals surface area contributed by atoms with Gasteiger partial charge in [0.2, 0.25) is 0 Å². The SMILES string of the molecule is CC(CF)C[C@H](NC(=O)N[C@@H](CCC(=O)O)C(=O)O)C(=O)O. The summed E-state index contributed by atoms with van der Waals surface area (Å²) in [6, 6.07) is -3.92. The number of halogens is 1. The number of carboxylic acids is 3. The third-order valence-electron chi connectivity index (χ3n) is 2.76. The van der Waals surface area contributed by atoms with Gasteiger partial charge in [0.05, 0.1) is 6.67 Å². The zero-order valence-corrected chi connectivity index (χ0v) is 11.9. The molecule has 0 aliphatic carbocycles. The monoisotopic (exact) mass is 322 g/mol. The largest absolute Gasteiger partial charge is 0.481 e. The minimum atomic E-state index is -1.47. The van der Waals surface area contributed by atoms with Crippen LogP contribution in [-0.4, -0.2) is 58.0 Å². The van der Waals surface area contributed by atoms with Crippen molar-refractivity contribution in [2.45, 2.75) is 38.3 Å². The van der Waals surface area contributed by atoms with E-state index < -0.39 is 55.0 Å². The summed E-state index contributed by atoms with van der Waals surface area (Å²) in [6.07, 6.45) is -0.985. The summed E-state index contributed by atoms with van der Waals surface area (Å²) in [4.78, 5) is 43.8. The Labute approximate surface area is 125 Å². The van der Waals surface area contributed by atoms with Crippen molar-refractivity contribution in [1.82, 2.24) is 10.6 Å². The lowest BCUT2D eigenvalue weighted by Gasteiger charge is -2.19. The van der Waals surface area contributed by atoms with Crippen LogP contribution in [0.2, 0.25) is 0 Å². The first kappa shape index (κ1) is 19.6. The summed E-state index contributed by atoms with van der Waals surface area (Å²) in [5.41, 5.74) is 0. The number of nitrogens with one attached hydrogen (secondary N) is 2. The van der Waals surface area contributed by atoms with E-state index in [0.717, 1.165) is 0 Å². The van der Waals surface area contributed by atoms with Crippen LogP contribution in [0.4, 0.5) is 9.18 Å². The van der Waals surface area contributed by atoms with Gasteiger partial charge < -0.3 is 26.0 Å². The number of carbonyl (C=O) groups excluding carboxylic acids is 1. The Morgan fingerprint density at radius 1 is 1.00 bits per heavy atom. The van der Waals surface area contributed by atoms with Crippen LogP contribution in [0.1, 0.15) is 26.2 Å². The molecule has 126 valence electrons. The van der Waals surface area contributed by atoms with Crippen LogP contribution < -0.4 is 10.6 Å². The topological polar surface area (TPSA) is 153 Å². The average Bonchev–Trinajstić information content (AvgIpc) is 2.41. The predicted molar refractivity (Wildman–Crippen MR) is 71.1 cm³/mol. The minimum absolute atomic E-state index is 0.161. The van der Waals surface area contributed by atoms with Gasteiger partial charge >= 0.3 is 23.9 Å². The van der Waals surface area contributed by atoms with E-state index in [1.807, 2.05) is 10.6 Å². The molecule has 3 atom stereocenters. The van der Waals surface area contributed by atoms with Crippen molar-refractivity contribution >= 4 is 23.9 Å². The number of alkyl halides is 1. The van der Waals surface area contributed by atoms with E-state index in [1.165, 1.54) is 6.92 Å². The molecule has 0 spiro atoms. The number of hydrogen-bond acceptors (Lipinski definition) is 4. The number of amides is 2. The maximum atomic E-state index is 12.4. The van der Waals surface area contributed by atoms with Crippen molar-refractivity contribution in [3.8, 4) is 0 Å². The molecule has 10 heteroatoms. The third kappa shape index (κ3) is 8.02. The molecule has 2 amide bonds. The highest BCUT2D eigenvalue weighted by atomic mass is 19.1. The van der Waals surface area contributed by atoms with Gasteiger partial charge in [-0.3, -0.25) is 9.18 Å². The van der Waals surface area contributed by atoms with Gasteiger partial charge in [-0.15, -0.1) is 0 Å². The van der Waals surface area contributed by atoms with Crippen molar-refractivity contribution in [3.63, 3.8) is 0 Å². The number of aliphatic carboxylic acids is 3. The number of urea groups is 1. The predicted octanol–water partition coefficient (Wildman–Crippen LogP) is 0.0525. The quantitative estimate of drug-likeness (QED) is 0.381. The Bertz CT molecular complexity index is 430. The third-order valence-corrected chi connectivity index (χ3v) is 2.76. The van der Waals surface area contributed by atoms with Gasteiger partial charge in [0.1, 0.15) is 12.1 Å². The van der Waals surface area contributed by atoms with Gasteiger partial charge in [-0.2, -0.15) is 0 Å². The van der Waals surface area contributed by atoms with Crippen molar-refractivity contribution in [1.29, 1.82) is 0 Å². The fourth-order valence-corrected chi connectivity index (χ4v) is 1.57. The number of carboxylic acid groups (broad SMARTS) is 3. The van der Waals surface area contributed by atoms with Crippen LogP contribution in [0.15, 0.2) is 0 Å². The molecule has 0 aliphatic rings. The van der Waals surface area contributed by atoms with E-state index in [4.69, 9.17) is 15.3 Å². The fourth-order valence-electron chi connectivity index (χ4n) is 1.57. The smallest absolute Gasteiger partial charge is 0.326 e. The summed E-state index contributed by atoms with van der Waals surface area (Å²) in [7, 11) is 0. The summed E-state index contributed by atoms with van der Waals surface area (Å²) >= 11 is 0. The van der Waals surface area contributed by atoms with E-state index in [1.54, 1.807) is 0 Å². The molecule has 0 rings (SSSR count). The second kappa shape index (κ2) is 9.53. The Kier molecular flexibility index (Phi) is 8.49. The molecular formula is C12H19FN2O7. The molecule has 9 nitrogen and oxygen atoms in total. The highest BCUT2D eigenvalue weighted by molar-refractivity contribution is 5.86. The molecule has 0 saturated heterocycles. The van der Waals surface area contributed by atoms with Crippen LogP contribution in [-0.2, 0) is 14.4 Å².